The predicted molar refractivity (Wildman–Crippen MR) is 186 cm³/mol. The van der Waals surface area contributed by atoms with Crippen molar-refractivity contribution in [3.05, 3.63) is 102 Å². The number of ether oxygens (including phenoxy) is 1. The number of likely N-dealkylation sites (tertiary alicyclic amines) is 2. The number of nitrogens with zero attached hydrogens (tertiary/aromatic N) is 8. The Morgan fingerprint density at radius 2 is 1.81 bits per heavy atom. The molecule has 3 aromatic carbocycles. The number of carbonyl (C=O) groups excluding carboxylic acids is 1. The van der Waals surface area contributed by atoms with Gasteiger partial charge in [-0.3, -0.25) is 4.79 Å². The van der Waals surface area contributed by atoms with Crippen molar-refractivity contribution in [2.45, 2.75) is 57.2 Å². The predicted octanol–water partition coefficient (Wildman–Crippen LogP) is 4.86. The van der Waals surface area contributed by atoms with E-state index in [9.17, 15) is 4.79 Å². The Bertz CT molecular complexity index is 1780. The van der Waals surface area contributed by atoms with E-state index in [1.807, 2.05) is 37.3 Å². The van der Waals surface area contributed by atoms with Crippen LogP contribution in [0, 0.1) is 0 Å². The molecular weight excluding hydrogens is 602 g/mol. The minimum atomic E-state index is -0.0680. The van der Waals surface area contributed by atoms with Gasteiger partial charge < -0.3 is 24.4 Å². The van der Waals surface area contributed by atoms with Gasteiger partial charge >= 0.3 is 0 Å². The van der Waals surface area contributed by atoms with Crippen LogP contribution in [0.15, 0.2) is 85.2 Å². The highest BCUT2D eigenvalue weighted by atomic mass is 16.5. The number of benzene rings is 3. The number of hydrogen-bond acceptors (Lipinski definition) is 8. The van der Waals surface area contributed by atoms with E-state index in [4.69, 9.17) is 9.72 Å². The van der Waals surface area contributed by atoms with Crippen LogP contribution < -0.4 is 5.32 Å². The first-order valence-corrected chi connectivity index (χ1v) is 17.3. The maximum Gasteiger partial charge on any atom is 0.253 e. The highest BCUT2D eigenvalue weighted by molar-refractivity contribution is 5.94. The smallest absolute Gasteiger partial charge is 0.253 e. The van der Waals surface area contributed by atoms with Crippen molar-refractivity contribution in [3.8, 4) is 0 Å². The lowest BCUT2D eigenvalue weighted by molar-refractivity contribution is 0.0780. The Morgan fingerprint density at radius 3 is 2.62 bits per heavy atom. The van der Waals surface area contributed by atoms with Gasteiger partial charge in [0.1, 0.15) is 6.33 Å². The van der Waals surface area contributed by atoms with Gasteiger partial charge in [0.2, 0.25) is 5.95 Å². The molecule has 48 heavy (non-hydrogen) atoms. The van der Waals surface area contributed by atoms with Gasteiger partial charge in [-0.15, -0.1) is 5.10 Å². The van der Waals surface area contributed by atoms with Crippen molar-refractivity contribution >= 4 is 22.9 Å². The second-order valence-corrected chi connectivity index (χ2v) is 13.1. The van der Waals surface area contributed by atoms with E-state index >= 15 is 0 Å². The largest absolute Gasteiger partial charge is 0.380 e. The highest BCUT2D eigenvalue weighted by Gasteiger charge is 2.41. The Balaban J connectivity index is 0.980. The molecule has 1 atom stereocenters. The molecule has 2 aliphatic heterocycles. The van der Waals surface area contributed by atoms with Crippen LogP contribution in [0.3, 0.4) is 0 Å². The van der Waals surface area contributed by atoms with E-state index in [-0.39, 0.29) is 11.3 Å². The first-order valence-electron chi connectivity index (χ1n) is 17.3. The first kappa shape index (κ1) is 32.0. The number of tetrazole rings is 1. The monoisotopic (exact) mass is 647 g/mol. The topological polar surface area (TPSA) is 106 Å². The number of anilines is 1. The van der Waals surface area contributed by atoms with Crippen LogP contribution in [0.4, 0.5) is 5.95 Å². The minimum absolute atomic E-state index is 0.0680. The summed E-state index contributed by atoms with van der Waals surface area (Å²) < 4.78 is 9.61. The summed E-state index contributed by atoms with van der Waals surface area (Å²) in [6.07, 6.45) is 5.70. The number of para-hydroxylation sites is 2. The van der Waals surface area contributed by atoms with Crippen molar-refractivity contribution < 1.29 is 9.53 Å². The molecule has 7 rings (SSSR count). The SMILES string of the molecule is CCOCCn1c(NC2CCN(CCC3(c4ccccc4)CCN(C(=O)c4cccc(Cn5cnnn5)c4)C3)CC2)nc2ccccc21. The molecule has 0 radical (unpaired) electrons. The van der Waals surface area contributed by atoms with Crippen LogP contribution in [0.5, 0.6) is 0 Å². The molecule has 2 aromatic heterocycles. The van der Waals surface area contributed by atoms with Gasteiger partial charge in [0.25, 0.3) is 5.91 Å². The zero-order valence-corrected chi connectivity index (χ0v) is 27.7. The van der Waals surface area contributed by atoms with E-state index < -0.39 is 0 Å². The molecule has 2 saturated heterocycles. The maximum absolute atomic E-state index is 13.8. The van der Waals surface area contributed by atoms with Crippen LogP contribution in [-0.2, 0) is 23.2 Å². The summed E-state index contributed by atoms with van der Waals surface area (Å²) in [4.78, 5) is 23.4. The third kappa shape index (κ3) is 7.12. The van der Waals surface area contributed by atoms with Crippen molar-refractivity contribution in [3.63, 3.8) is 0 Å². The van der Waals surface area contributed by atoms with Crippen LogP contribution in [0.1, 0.15) is 54.1 Å². The Labute approximate surface area is 281 Å². The molecule has 4 heterocycles. The zero-order chi connectivity index (χ0) is 32.8. The number of aromatic nitrogens is 6. The first-order chi connectivity index (χ1) is 23.6. The quantitative estimate of drug-likeness (QED) is 0.181. The van der Waals surface area contributed by atoms with Crippen LogP contribution in [-0.4, -0.2) is 97.4 Å². The fraction of sp³-hybridized carbons (Fsp3) is 0.432. The minimum Gasteiger partial charge on any atom is -0.380 e. The molecule has 1 N–H and O–H groups in total. The highest BCUT2D eigenvalue weighted by Crippen LogP contribution is 2.39. The van der Waals surface area contributed by atoms with Crippen LogP contribution in [0.2, 0.25) is 0 Å². The van der Waals surface area contributed by atoms with Gasteiger partial charge in [-0.2, -0.15) is 0 Å². The summed E-state index contributed by atoms with van der Waals surface area (Å²) in [6, 6.07) is 27.4. The molecule has 1 unspecified atom stereocenters. The molecule has 0 saturated carbocycles. The lowest BCUT2D eigenvalue weighted by atomic mass is 9.76. The number of piperidine rings is 1. The second-order valence-electron chi connectivity index (χ2n) is 13.1. The van der Waals surface area contributed by atoms with E-state index in [0.717, 1.165) is 87.5 Å². The van der Waals surface area contributed by atoms with Crippen molar-refractivity contribution in [1.82, 2.24) is 39.6 Å². The van der Waals surface area contributed by atoms with Gasteiger partial charge in [-0.1, -0.05) is 54.6 Å². The Hall–Kier alpha value is -4.61. The van der Waals surface area contributed by atoms with E-state index in [1.54, 1.807) is 11.0 Å². The number of nitrogens with one attached hydrogen (secondary N) is 1. The van der Waals surface area contributed by atoms with Gasteiger partial charge in [-0.25, -0.2) is 9.67 Å². The van der Waals surface area contributed by atoms with Gasteiger partial charge in [0.15, 0.2) is 0 Å². The van der Waals surface area contributed by atoms with Gasteiger partial charge in [-0.05, 0) is 85.0 Å². The molecule has 11 heteroatoms. The fourth-order valence-corrected chi connectivity index (χ4v) is 7.41. The molecule has 2 aliphatic rings. The van der Waals surface area contributed by atoms with Crippen molar-refractivity contribution in [2.24, 2.45) is 0 Å². The van der Waals surface area contributed by atoms with E-state index in [0.29, 0.717) is 31.4 Å². The molecule has 0 bridgehead atoms. The molecule has 0 spiro atoms. The number of amides is 1. The number of fused-ring (bicyclic) bond motifs is 1. The molecule has 2 fully saturated rings. The number of imidazole rings is 1. The maximum atomic E-state index is 13.8. The van der Waals surface area contributed by atoms with Gasteiger partial charge in [0, 0.05) is 56.4 Å². The Kier molecular flexibility index (Phi) is 9.76. The third-order valence-electron chi connectivity index (χ3n) is 10.1. The summed E-state index contributed by atoms with van der Waals surface area (Å²) in [7, 11) is 0. The normalized spacial score (nSPS) is 18.9. The summed E-state index contributed by atoms with van der Waals surface area (Å²) in [5, 5.41) is 15.2. The average Bonchev–Trinajstić information content (AvgIpc) is 3.89. The number of hydrogen-bond donors (Lipinski definition) is 1. The molecule has 5 aromatic rings. The fourth-order valence-electron chi connectivity index (χ4n) is 7.41. The molecule has 1 amide bonds. The lowest BCUT2D eigenvalue weighted by Gasteiger charge is -2.36. The number of carbonyl (C=O) groups is 1. The van der Waals surface area contributed by atoms with Gasteiger partial charge in [0.05, 0.1) is 24.2 Å². The summed E-state index contributed by atoms with van der Waals surface area (Å²) in [5.74, 6) is 1.03. The average molecular weight is 648 g/mol. The van der Waals surface area contributed by atoms with E-state index in [1.165, 1.54) is 5.56 Å². The molecule has 11 nitrogen and oxygen atoms in total. The standard InChI is InChI=1S/C37H45N9O2/c1-2-48-24-23-46-34-14-7-6-13-33(34)40-36(46)39-32-15-19-43(20-16-32)21-17-37(31-11-4-3-5-12-31)18-22-44(27-37)35(47)30-10-8-9-29(25-30)26-45-28-38-41-42-45/h3-14,25,28,32H,2,15-24,26-27H2,1H3,(H,39,40). The second kappa shape index (κ2) is 14.7. The zero-order valence-electron chi connectivity index (χ0n) is 27.7. The lowest BCUT2D eigenvalue weighted by Crippen LogP contribution is -2.42. The Morgan fingerprint density at radius 1 is 0.979 bits per heavy atom. The summed E-state index contributed by atoms with van der Waals surface area (Å²) in [6.45, 7) is 9.30. The molecule has 0 aliphatic carbocycles. The number of rotatable bonds is 13. The summed E-state index contributed by atoms with van der Waals surface area (Å²) >= 11 is 0. The van der Waals surface area contributed by atoms with Crippen LogP contribution >= 0.6 is 0 Å². The van der Waals surface area contributed by atoms with Crippen molar-refractivity contribution in [2.75, 3.05) is 51.3 Å². The molecule has 250 valence electrons. The molecular formula is C37H45N9O2. The van der Waals surface area contributed by atoms with Crippen LogP contribution in [0.25, 0.3) is 11.0 Å². The third-order valence-corrected chi connectivity index (χ3v) is 10.1. The summed E-state index contributed by atoms with van der Waals surface area (Å²) in [5.41, 5.74) is 5.13. The van der Waals surface area contributed by atoms with E-state index in [2.05, 4.69) is 83.7 Å². The van der Waals surface area contributed by atoms with Crippen molar-refractivity contribution in [1.29, 1.82) is 0 Å².